The molecule has 1 amide bonds. The molecular formula is C18H27N5O. The van der Waals surface area contributed by atoms with Crippen molar-refractivity contribution < 1.29 is 4.79 Å². The molecule has 0 saturated carbocycles. The summed E-state index contributed by atoms with van der Waals surface area (Å²) in [4.78, 5) is 26.8. The summed E-state index contributed by atoms with van der Waals surface area (Å²) in [6.45, 7) is 8.58. The van der Waals surface area contributed by atoms with Crippen LogP contribution in [0.5, 0.6) is 0 Å². The minimum Gasteiger partial charge on any atom is -0.346 e. The molecule has 0 radical (unpaired) electrons. The van der Waals surface area contributed by atoms with E-state index in [1.807, 2.05) is 24.9 Å². The Labute approximate surface area is 143 Å². The molecule has 24 heavy (non-hydrogen) atoms. The summed E-state index contributed by atoms with van der Waals surface area (Å²) >= 11 is 0. The van der Waals surface area contributed by atoms with Crippen molar-refractivity contribution in [3.8, 4) is 0 Å². The van der Waals surface area contributed by atoms with Crippen molar-refractivity contribution in [1.29, 1.82) is 0 Å². The topological polar surface area (TPSA) is 66.8 Å². The molecule has 1 aliphatic heterocycles. The minimum atomic E-state index is 0.262. The first-order valence-electron chi connectivity index (χ1n) is 8.83. The number of hydrogen-bond acceptors (Lipinski definition) is 3. The quantitative estimate of drug-likeness (QED) is 0.917. The smallest absolute Gasteiger partial charge is 0.222 e. The van der Waals surface area contributed by atoms with Crippen LogP contribution in [0.3, 0.4) is 0 Å². The van der Waals surface area contributed by atoms with Crippen LogP contribution in [0.1, 0.15) is 54.6 Å². The summed E-state index contributed by atoms with van der Waals surface area (Å²) in [5.41, 5.74) is 2.19. The lowest BCUT2D eigenvalue weighted by Crippen LogP contribution is -2.39. The van der Waals surface area contributed by atoms with Crippen molar-refractivity contribution in [3.63, 3.8) is 0 Å². The highest BCUT2D eigenvalue weighted by Gasteiger charge is 2.26. The number of nitrogens with one attached hydrogen (secondary N) is 1. The van der Waals surface area contributed by atoms with Crippen LogP contribution >= 0.6 is 0 Å². The van der Waals surface area contributed by atoms with E-state index in [0.717, 1.165) is 61.9 Å². The summed E-state index contributed by atoms with van der Waals surface area (Å²) in [5, 5.41) is 0. The van der Waals surface area contributed by atoms with E-state index in [1.54, 1.807) is 6.20 Å². The monoisotopic (exact) mass is 329 g/mol. The van der Waals surface area contributed by atoms with E-state index in [4.69, 9.17) is 0 Å². The van der Waals surface area contributed by atoms with E-state index < -0.39 is 0 Å². The van der Waals surface area contributed by atoms with Crippen LogP contribution in [0, 0.1) is 20.8 Å². The van der Waals surface area contributed by atoms with Crippen molar-refractivity contribution in [3.05, 3.63) is 35.4 Å². The number of aromatic nitrogens is 4. The predicted octanol–water partition coefficient (Wildman–Crippen LogP) is 2.72. The molecule has 0 aromatic carbocycles. The van der Waals surface area contributed by atoms with Crippen LogP contribution in [0.25, 0.3) is 0 Å². The van der Waals surface area contributed by atoms with Gasteiger partial charge in [0.2, 0.25) is 5.91 Å². The lowest BCUT2D eigenvalue weighted by atomic mass is 9.97. The Hall–Kier alpha value is -2.11. The highest BCUT2D eigenvalue weighted by Crippen LogP contribution is 2.26. The fraction of sp³-hybridized carbons (Fsp3) is 0.611. The number of carbonyl (C=O) groups excluding carboxylic acids is 1. The van der Waals surface area contributed by atoms with Gasteiger partial charge >= 0.3 is 0 Å². The fourth-order valence-electron chi connectivity index (χ4n) is 3.39. The largest absolute Gasteiger partial charge is 0.346 e. The molecule has 1 aliphatic rings. The van der Waals surface area contributed by atoms with Gasteiger partial charge < -0.3 is 14.5 Å². The van der Waals surface area contributed by atoms with Gasteiger partial charge in [0.1, 0.15) is 11.6 Å². The number of H-pyrrole nitrogens is 1. The molecule has 3 heterocycles. The molecule has 130 valence electrons. The molecule has 1 atom stereocenters. The predicted molar refractivity (Wildman–Crippen MR) is 92.8 cm³/mol. The van der Waals surface area contributed by atoms with Gasteiger partial charge in [-0.15, -0.1) is 0 Å². The summed E-state index contributed by atoms with van der Waals surface area (Å²) in [6, 6.07) is 0. The summed E-state index contributed by atoms with van der Waals surface area (Å²) in [7, 11) is 0. The molecule has 0 spiro atoms. The molecule has 1 fully saturated rings. The number of carbonyl (C=O) groups is 1. The summed E-state index contributed by atoms with van der Waals surface area (Å²) in [5.74, 6) is 2.64. The van der Waals surface area contributed by atoms with E-state index in [1.165, 1.54) is 0 Å². The second-order valence-electron chi connectivity index (χ2n) is 6.78. The maximum Gasteiger partial charge on any atom is 0.222 e. The molecule has 0 aliphatic carbocycles. The van der Waals surface area contributed by atoms with E-state index >= 15 is 0 Å². The third-order valence-corrected chi connectivity index (χ3v) is 5.02. The van der Waals surface area contributed by atoms with Crippen LogP contribution in [0.4, 0.5) is 0 Å². The highest BCUT2D eigenvalue weighted by molar-refractivity contribution is 5.76. The Balaban J connectivity index is 1.52. The zero-order valence-corrected chi connectivity index (χ0v) is 14.9. The summed E-state index contributed by atoms with van der Waals surface area (Å²) < 4.78 is 2.10. The normalized spacial score (nSPS) is 18.1. The first kappa shape index (κ1) is 16.7. The number of hydrogen-bond donors (Lipinski definition) is 1. The molecule has 1 N–H and O–H groups in total. The van der Waals surface area contributed by atoms with E-state index in [0.29, 0.717) is 12.3 Å². The van der Waals surface area contributed by atoms with Gasteiger partial charge in [-0.3, -0.25) is 4.79 Å². The fourth-order valence-corrected chi connectivity index (χ4v) is 3.39. The van der Waals surface area contributed by atoms with Crippen molar-refractivity contribution >= 4 is 5.91 Å². The lowest BCUT2D eigenvalue weighted by molar-refractivity contribution is -0.132. The molecule has 1 saturated heterocycles. The molecule has 6 nitrogen and oxygen atoms in total. The van der Waals surface area contributed by atoms with Gasteiger partial charge in [0.25, 0.3) is 0 Å². The van der Waals surface area contributed by atoms with Crippen molar-refractivity contribution in [1.82, 2.24) is 24.4 Å². The standard InChI is InChI=1S/C18H27N5O/c1-13-14(2)21-18(20-13)16-6-4-10-23(12-16)17(24)7-5-9-22-11-8-19-15(22)3/h8,11,16H,4-7,9-10,12H2,1-3H3,(H,20,21). The van der Waals surface area contributed by atoms with Crippen molar-refractivity contribution in [2.24, 2.45) is 0 Å². The maximum absolute atomic E-state index is 12.5. The van der Waals surface area contributed by atoms with Crippen molar-refractivity contribution in [2.45, 2.75) is 58.9 Å². The van der Waals surface area contributed by atoms with Crippen LogP contribution in [0.15, 0.2) is 12.4 Å². The Kier molecular flexibility index (Phi) is 5.02. The van der Waals surface area contributed by atoms with Gasteiger partial charge in [-0.1, -0.05) is 0 Å². The zero-order chi connectivity index (χ0) is 17.1. The van der Waals surface area contributed by atoms with Gasteiger partial charge in [0.15, 0.2) is 0 Å². The van der Waals surface area contributed by atoms with Crippen LogP contribution < -0.4 is 0 Å². The van der Waals surface area contributed by atoms with Crippen LogP contribution in [-0.2, 0) is 11.3 Å². The van der Waals surface area contributed by atoms with Crippen LogP contribution in [0.2, 0.25) is 0 Å². The Morgan fingerprint density at radius 1 is 1.38 bits per heavy atom. The Bertz CT molecular complexity index is 683. The number of piperidine rings is 1. The number of aryl methyl sites for hydroxylation is 4. The summed E-state index contributed by atoms with van der Waals surface area (Å²) in [6.07, 6.45) is 7.38. The first-order valence-corrected chi connectivity index (χ1v) is 8.83. The second-order valence-corrected chi connectivity index (χ2v) is 6.78. The number of amides is 1. The van der Waals surface area contributed by atoms with Gasteiger partial charge in [0.05, 0.1) is 5.69 Å². The molecule has 3 rings (SSSR count). The number of nitrogens with zero attached hydrogens (tertiary/aromatic N) is 4. The first-order chi connectivity index (χ1) is 11.5. The van der Waals surface area contributed by atoms with Gasteiger partial charge in [-0.05, 0) is 40.0 Å². The average Bonchev–Trinajstić information content (AvgIpc) is 3.13. The van der Waals surface area contributed by atoms with Crippen LogP contribution in [-0.4, -0.2) is 43.4 Å². The highest BCUT2D eigenvalue weighted by atomic mass is 16.2. The van der Waals surface area contributed by atoms with Gasteiger partial charge in [-0.2, -0.15) is 0 Å². The Morgan fingerprint density at radius 3 is 2.88 bits per heavy atom. The maximum atomic E-state index is 12.5. The van der Waals surface area contributed by atoms with E-state index in [2.05, 4.69) is 26.4 Å². The number of likely N-dealkylation sites (tertiary alicyclic amines) is 1. The number of aromatic amines is 1. The third-order valence-electron chi connectivity index (χ3n) is 5.02. The third kappa shape index (κ3) is 3.68. The molecule has 2 aromatic heterocycles. The average molecular weight is 329 g/mol. The van der Waals surface area contributed by atoms with Gasteiger partial charge in [-0.25, -0.2) is 9.97 Å². The van der Waals surface area contributed by atoms with E-state index in [-0.39, 0.29) is 5.91 Å². The zero-order valence-electron chi connectivity index (χ0n) is 14.9. The Morgan fingerprint density at radius 2 is 2.21 bits per heavy atom. The molecule has 0 bridgehead atoms. The second kappa shape index (κ2) is 7.20. The molecule has 1 unspecified atom stereocenters. The lowest BCUT2D eigenvalue weighted by Gasteiger charge is -2.32. The molecule has 2 aromatic rings. The molecular weight excluding hydrogens is 302 g/mol. The van der Waals surface area contributed by atoms with E-state index in [9.17, 15) is 4.79 Å². The number of rotatable bonds is 5. The molecule has 6 heteroatoms. The van der Waals surface area contributed by atoms with Gasteiger partial charge in [0, 0.05) is 50.1 Å². The number of imidazole rings is 2. The SMILES string of the molecule is Cc1nc(C2CCCN(C(=O)CCCn3ccnc3C)C2)[nH]c1C. The van der Waals surface area contributed by atoms with Crippen molar-refractivity contribution in [2.75, 3.05) is 13.1 Å². The minimum absolute atomic E-state index is 0.262.